The third kappa shape index (κ3) is 3.29. The van der Waals surface area contributed by atoms with Crippen LogP contribution in [0.5, 0.6) is 0 Å². The molecule has 1 heterocycles. The van der Waals surface area contributed by atoms with E-state index in [2.05, 4.69) is 46.3 Å². The zero-order valence-corrected chi connectivity index (χ0v) is 12.6. The summed E-state index contributed by atoms with van der Waals surface area (Å²) < 4.78 is 2.09. The van der Waals surface area contributed by atoms with Crippen molar-refractivity contribution in [3.8, 4) is 5.69 Å². The number of nitrogens with one attached hydrogen (secondary N) is 1. The summed E-state index contributed by atoms with van der Waals surface area (Å²) in [5, 5.41) is 4.25. The van der Waals surface area contributed by atoms with E-state index < -0.39 is 0 Å². The van der Waals surface area contributed by atoms with Crippen molar-refractivity contribution < 1.29 is 0 Å². The summed E-state index contributed by atoms with van der Waals surface area (Å²) >= 11 is 6.16. The maximum atomic E-state index is 6.16. The molecule has 0 radical (unpaired) electrons. The van der Waals surface area contributed by atoms with Crippen molar-refractivity contribution in [3.63, 3.8) is 0 Å². The van der Waals surface area contributed by atoms with Crippen molar-refractivity contribution in [2.24, 2.45) is 0 Å². The SMILES string of the molecule is Cc1ccc(CNc2cccc(-n3cccc3)c2)cc1Cl. The van der Waals surface area contributed by atoms with E-state index in [0.717, 1.165) is 28.5 Å². The van der Waals surface area contributed by atoms with Gasteiger partial charge in [0, 0.05) is 35.3 Å². The van der Waals surface area contributed by atoms with Crippen LogP contribution in [0.4, 0.5) is 5.69 Å². The zero-order valence-electron chi connectivity index (χ0n) is 11.9. The number of hydrogen-bond donors (Lipinski definition) is 1. The molecule has 21 heavy (non-hydrogen) atoms. The van der Waals surface area contributed by atoms with E-state index in [-0.39, 0.29) is 0 Å². The second-order valence-electron chi connectivity index (χ2n) is 5.08. The fourth-order valence-electron chi connectivity index (χ4n) is 2.23. The number of anilines is 1. The number of aromatic nitrogens is 1. The van der Waals surface area contributed by atoms with Gasteiger partial charge in [-0.3, -0.25) is 0 Å². The van der Waals surface area contributed by atoms with E-state index in [0.29, 0.717) is 0 Å². The van der Waals surface area contributed by atoms with E-state index in [1.54, 1.807) is 0 Å². The van der Waals surface area contributed by atoms with E-state index in [1.807, 2.05) is 37.5 Å². The number of benzene rings is 2. The van der Waals surface area contributed by atoms with Gasteiger partial charge in [0.1, 0.15) is 0 Å². The molecule has 2 aromatic carbocycles. The van der Waals surface area contributed by atoms with Crippen LogP contribution in [0.15, 0.2) is 67.0 Å². The third-order valence-corrected chi connectivity index (χ3v) is 3.89. The Balaban J connectivity index is 1.73. The largest absolute Gasteiger partial charge is 0.381 e. The molecule has 0 spiro atoms. The van der Waals surface area contributed by atoms with Gasteiger partial charge in [-0.2, -0.15) is 0 Å². The summed E-state index contributed by atoms with van der Waals surface area (Å²) in [6.07, 6.45) is 4.08. The highest BCUT2D eigenvalue weighted by Gasteiger charge is 2.00. The smallest absolute Gasteiger partial charge is 0.0469 e. The maximum Gasteiger partial charge on any atom is 0.0469 e. The Morgan fingerprint density at radius 1 is 1.00 bits per heavy atom. The van der Waals surface area contributed by atoms with Crippen LogP contribution < -0.4 is 5.32 Å². The summed E-state index contributed by atoms with van der Waals surface area (Å²) in [6.45, 7) is 2.77. The normalized spacial score (nSPS) is 10.6. The van der Waals surface area contributed by atoms with Crippen LogP contribution in [0.3, 0.4) is 0 Å². The molecule has 0 fully saturated rings. The molecule has 0 amide bonds. The molecule has 0 saturated heterocycles. The van der Waals surface area contributed by atoms with E-state index in [9.17, 15) is 0 Å². The first-order valence-corrected chi connectivity index (χ1v) is 7.32. The van der Waals surface area contributed by atoms with Crippen LogP contribution in [-0.4, -0.2) is 4.57 Å². The fourth-order valence-corrected chi connectivity index (χ4v) is 2.44. The molecular formula is C18H17ClN2. The van der Waals surface area contributed by atoms with Gasteiger partial charge in [-0.1, -0.05) is 29.8 Å². The van der Waals surface area contributed by atoms with Crippen LogP contribution in [0.1, 0.15) is 11.1 Å². The van der Waals surface area contributed by atoms with Crippen molar-refractivity contribution in [1.29, 1.82) is 0 Å². The van der Waals surface area contributed by atoms with Crippen molar-refractivity contribution in [3.05, 3.63) is 83.1 Å². The number of hydrogen-bond acceptors (Lipinski definition) is 1. The second-order valence-corrected chi connectivity index (χ2v) is 5.48. The molecule has 3 heteroatoms. The molecule has 0 atom stereocenters. The number of aryl methyl sites for hydroxylation is 1. The minimum Gasteiger partial charge on any atom is -0.381 e. The van der Waals surface area contributed by atoms with Crippen molar-refractivity contribution in [1.82, 2.24) is 4.57 Å². The number of rotatable bonds is 4. The van der Waals surface area contributed by atoms with Gasteiger partial charge in [-0.05, 0) is 54.4 Å². The first kappa shape index (κ1) is 13.8. The Bertz CT molecular complexity index is 733. The predicted octanol–water partition coefficient (Wildman–Crippen LogP) is 5.05. The molecular weight excluding hydrogens is 280 g/mol. The summed E-state index contributed by atoms with van der Waals surface area (Å²) in [5.41, 5.74) is 4.52. The molecule has 3 rings (SSSR count). The molecule has 1 aromatic heterocycles. The average Bonchev–Trinajstić information content (AvgIpc) is 3.03. The standard InChI is InChI=1S/C18H17ClN2/c1-14-7-8-15(11-18(14)19)13-20-16-5-4-6-17(12-16)21-9-2-3-10-21/h2-12,20H,13H2,1H3. The number of nitrogens with zero attached hydrogens (tertiary/aromatic N) is 1. The van der Waals surface area contributed by atoms with Gasteiger partial charge in [0.05, 0.1) is 0 Å². The summed E-state index contributed by atoms with van der Waals surface area (Å²) in [7, 11) is 0. The van der Waals surface area contributed by atoms with Crippen molar-refractivity contribution in [2.75, 3.05) is 5.32 Å². The molecule has 1 N–H and O–H groups in total. The van der Waals surface area contributed by atoms with Crippen LogP contribution in [0.2, 0.25) is 5.02 Å². The van der Waals surface area contributed by atoms with Gasteiger partial charge in [-0.25, -0.2) is 0 Å². The van der Waals surface area contributed by atoms with Crippen molar-refractivity contribution >= 4 is 17.3 Å². The Morgan fingerprint density at radius 2 is 1.81 bits per heavy atom. The lowest BCUT2D eigenvalue weighted by molar-refractivity contribution is 1.07. The van der Waals surface area contributed by atoms with Crippen LogP contribution in [0, 0.1) is 6.92 Å². The highest BCUT2D eigenvalue weighted by atomic mass is 35.5. The van der Waals surface area contributed by atoms with Gasteiger partial charge in [0.15, 0.2) is 0 Å². The van der Waals surface area contributed by atoms with E-state index in [4.69, 9.17) is 11.6 Å². The third-order valence-electron chi connectivity index (χ3n) is 3.48. The van der Waals surface area contributed by atoms with E-state index >= 15 is 0 Å². The maximum absolute atomic E-state index is 6.16. The lowest BCUT2D eigenvalue weighted by atomic mass is 10.1. The summed E-state index contributed by atoms with van der Waals surface area (Å²) in [6, 6.07) is 18.6. The Morgan fingerprint density at radius 3 is 2.57 bits per heavy atom. The monoisotopic (exact) mass is 296 g/mol. The zero-order chi connectivity index (χ0) is 14.7. The molecule has 106 valence electrons. The second kappa shape index (κ2) is 6.06. The van der Waals surface area contributed by atoms with Crippen molar-refractivity contribution in [2.45, 2.75) is 13.5 Å². The van der Waals surface area contributed by atoms with Crippen LogP contribution in [-0.2, 0) is 6.54 Å². The molecule has 0 unspecified atom stereocenters. The lowest BCUT2D eigenvalue weighted by Gasteiger charge is -2.10. The first-order chi connectivity index (χ1) is 10.2. The van der Waals surface area contributed by atoms with Gasteiger partial charge in [0.2, 0.25) is 0 Å². The molecule has 0 aliphatic rings. The van der Waals surface area contributed by atoms with Gasteiger partial charge in [0.25, 0.3) is 0 Å². The molecule has 0 aliphatic carbocycles. The first-order valence-electron chi connectivity index (χ1n) is 6.95. The molecule has 3 aromatic rings. The Kier molecular flexibility index (Phi) is 3.98. The molecule has 2 nitrogen and oxygen atoms in total. The average molecular weight is 297 g/mol. The molecule has 0 bridgehead atoms. The van der Waals surface area contributed by atoms with Gasteiger partial charge in [-0.15, -0.1) is 0 Å². The summed E-state index contributed by atoms with van der Waals surface area (Å²) in [5.74, 6) is 0. The Hall–Kier alpha value is -2.19. The highest BCUT2D eigenvalue weighted by molar-refractivity contribution is 6.31. The molecule has 0 aliphatic heterocycles. The van der Waals surface area contributed by atoms with Crippen LogP contribution >= 0.6 is 11.6 Å². The van der Waals surface area contributed by atoms with Crippen LogP contribution in [0.25, 0.3) is 5.69 Å². The quantitative estimate of drug-likeness (QED) is 0.713. The summed E-state index contributed by atoms with van der Waals surface area (Å²) in [4.78, 5) is 0. The minimum absolute atomic E-state index is 0.759. The van der Waals surface area contributed by atoms with Gasteiger partial charge >= 0.3 is 0 Å². The fraction of sp³-hybridized carbons (Fsp3) is 0.111. The molecule has 0 saturated carbocycles. The Labute approximate surface area is 130 Å². The predicted molar refractivity (Wildman–Crippen MR) is 89.3 cm³/mol. The number of halogens is 1. The lowest BCUT2D eigenvalue weighted by Crippen LogP contribution is -2.00. The topological polar surface area (TPSA) is 17.0 Å². The van der Waals surface area contributed by atoms with E-state index in [1.165, 1.54) is 5.56 Å². The minimum atomic E-state index is 0.759. The van der Waals surface area contributed by atoms with Gasteiger partial charge < -0.3 is 9.88 Å². The highest BCUT2D eigenvalue weighted by Crippen LogP contribution is 2.19.